The van der Waals surface area contributed by atoms with Gasteiger partial charge in [0.1, 0.15) is 4.83 Å². The van der Waals surface area contributed by atoms with Crippen molar-refractivity contribution in [3.8, 4) is 5.69 Å². The SMILES string of the molecule is COC(=O)c1c(C)[nH]c(C(=O)CSc2nc3sc(C)c(C)c3c(=O)n2-c2ccccc2)c1C. The zero-order chi connectivity index (χ0) is 23.9. The highest BCUT2D eigenvalue weighted by atomic mass is 32.2. The van der Waals surface area contributed by atoms with Gasteiger partial charge in [-0.05, 0) is 51.0 Å². The van der Waals surface area contributed by atoms with E-state index >= 15 is 0 Å². The summed E-state index contributed by atoms with van der Waals surface area (Å²) in [7, 11) is 1.31. The summed E-state index contributed by atoms with van der Waals surface area (Å²) in [5.74, 6) is -0.625. The highest BCUT2D eigenvalue weighted by Gasteiger charge is 2.24. The number of hydrogen-bond acceptors (Lipinski definition) is 7. The third-order valence-corrected chi connectivity index (χ3v) is 7.66. The molecule has 3 aromatic heterocycles. The predicted molar refractivity (Wildman–Crippen MR) is 131 cm³/mol. The Hall–Kier alpha value is -3.17. The molecule has 0 fully saturated rings. The molecule has 9 heteroatoms. The molecular formula is C24H23N3O4S2. The lowest BCUT2D eigenvalue weighted by molar-refractivity contribution is 0.0599. The number of Topliss-reactive ketones (excluding diaryl/α,β-unsaturated/α-hetero) is 1. The second-order valence-corrected chi connectivity index (χ2v) is 9.81. The highest BCUT2D eigenvalue weighted by Crippen LogP contribution is 2.30. The molecule has 0 amide bonds. The fraction of sp³-hybridized carbons (Fsp3) is 0.250. The molecule has 0 spiro atoms. The van der Waals surface area contributed by atoms with Crippen molar-refractivity contribution < 1.29 is 14.3 Å². The van der Waals surface area contributed by atoms with Crippen LogP contribution in [0.5, 0.6) is 0 Å². The predicted octanol–water partition coefficient (Wildman–Crippen LogP) is 4.77. The second-order valence-electron chi connectivity index (χ2n) is 7.66. The number of carbonyl (C=O) groups is 2. The molecule has 0 atom stereocenters. The number of benzene rings is 1. The molecule has 0 saturated carbocycles. The third kappa shape index (κ3) is 4.02. The molecule has 0 bridgehead atoms. The summed E-state index contributed by atoms with van der Waals surface area (Å²) < 4.78 is 6.39. The van der Waals surface area contributed by atoms with Gasteiger partial charge in [0.25, 0.3) is 5.56 Å². The summed E-state index contributed by atoms with van der Waals surface area (Å²) in [6, 6.07) is 9.28. The zero-order valence-electron chi connectivity index (χ0n) is 18.9. The van der Waals surface area contributed by atoms with Gasteiger partial charge in [-0.3, -0.25) is 14.2 Å². The number of hydrogen-bond donors (Lipinski definition) is 1. The molecule has 0 saturated heterocycles. The minimum Gasteiger partial charge on any atom is -0.465 e. The van der Waals surface area contributed by atoms with Crippen molar-refractivity contribution in [1.82, 2.24) is 14.5 Å². The fourth-order valence-electron chi connectivity index (χ4n) is 3.82. The zero-order valence-corrected chi connectivity index (χ0v) is 20.6. The summed E-state index contributed by atoms with van der Waals surface area (Å²) >= 11 is 2.67. The number of rotatable bonds is 6. The fourth-order valence-corrected chi connectivity index (χ4v) is 5.77. The van der Waals surface area contributed by atoms with Crippen LogP contribution >= 0.6 is 23.1 Å². The van der Waals surface area contributed by atoms with Gasteiger partial charge in [-0.25, -0.2) is 9.78 Å². The lowest BCUT2D eigenvalue weighted by atomic mass is 10.1. The first-order chi connectivity index (χ1) is 15.7. The Bertz CT molecular complexity index is 1450. The normalized spacial score (nSPS) is 11.2. The van der Waals surface area contributed by atoms with Gasteiger partial charge >= 0.3 is 5.97 Å². The number of H-pyrrole nitrogens is 1. The van der Waals surface area contributed by atoms with Crippen molar-refractivity contribution in [2.45, 2.75) is 32.9 Å². The number of esters is 1. The average Bonchev–Trinajstić information content (AvgIpc) is 3.26. The van der Waals surface area contributed by atoms with E-state index in [2.05, 4.69) is 4.98 Å². The van der Waals surface area contributed by atoms with E-state index in [1.807, 2.05) is 44.2 Å². The summed E-state index contributed by atoms with van der Waals surface area (Å²) in [5.41, 5.74) is 3.33. The van der Waals surface area contributed by atoms with Gasteiger partial charge in [-0.15, -0.1) is 11.3 Å². The first-order valence-corrected chi connectivity index (χ1v) is 12.1. The average molecular weight is 482 g/mol. The van der Waals surface area contributed by atoms with Crippen molar-refractivity contribution >= 4 is 45.1 Å². The molecule has 0 radical (unpaired) electrons. The maximum absolute atomic E-state index is 13.5. The number of ketones is 1. The molecule has 0 aliphatic carbocycles. The molecule has 4 aromatic rings. The van der Waals surface area contributed by atoms with E-state index in [0.29, 0.717) is 43.6 Å². The van der Waals surface area contributed by atoms with Crippen LogP contribution in [0.1, 0.15) is 42.5 Å². The van der Waals surface area contributed by atoms with Crippen LogP contribution in [-0.4, -0.2) is 39.2 Å². The van der Waals surface area contributed by atoms with Crippen LogP contribution in [0.2, 0.25) is 0 Å². The molecule has 0 aliphatic heterocycles. The Morgan fingerprint density at radius 1 is 1.12 bits per heavy atom. The first kappa shape index (κ1) is 23.0. The van der Waals surface area contributed by atoms with Crippen molar-refractivity contribution in [2.75, 3.05) is 12.9 Å². The van der Waals surface area contributed by atoms with E-state index in [0.717, 1.165) is 10.4 Å². The van der Waals surface area contributed by atoms with Gasteiger partial charge in [0, 0.05) is 10.6 Å². The number of thioether (sulfide) groups is 1. The minimum absolute atomic E-state index is 0.0511. The van der Waals surface area contributed by atoms with Crippen LogP contribution in [0.15, 0.2) is 40.3 Å². The molecule has 1 N–H and O–H groups in total. The second kappa shape index (κ2) is 8.99. The molecule has 4 rings (SSSR count). The van der Waals surface area contributed by atoms with E-state index in [4.69, 9.17) is 9.72 Å². The summed E-state index contributed by atoms with van der Waals surface area (Å²) in [5, 5.41) is 1.05. The van der Waals surface area contributed by atoms with Crippen molar-refractivity contribution in [3.63, 3.8) is 0 Å². The largest absolute Gasteiger partial charge is 0.465 e. The van der Waals surface area contributed by atoms with E-state index in [-0.39, 0.29) is 17.1 Å². The Morgan fingerprint density at radius 3 is 2.48 bits per heavy atom. The van der Waals surface area contributed by atoms with Crippen molar-refractivity contribution in [1.29, 1.82) is 0 Å². The smallest absolute Gasteiger partial charge is 0.339 e. The molecular weight excluding hydrogens is 458 g/mol. The van der Waals surface area contributed by atoms with Crippen LogP contribution in [0.25, 0.3) is 15.9 Å². The topological polar surface area (TPSA) is 94.1 Å². The highest BCUT2D eigenvalue weighted by molar-refractivity contribution is 7.99. The van der Waals surface area contributed by atoms with E-state index in [1.54, 1.807) is 18.4 Å². The summed E-state index contributed by atoms with van der Waals surface area (Å²) in [4.78, 5) is 48.1. The number of aryl methyl sites for hydroxylation is 3. The Labute approximate surface area is 198 Å². The van der Waals surface area contributed by atoms with E-state index in [1.165, 1.54) is 30.2 Å². The molecule has 1 aromatic carbocycles. The molecule has 0 aliphatic rings. The number of ether oxygens (including phenoxy) is 1. The van der Waals surface area contributed by atoms with Crippen LogP contribution < -0.4 is 5.56 Å². The first-order valence-electron chi connectivity index (χ1n) is 10.3. The molecule has 33 heavy (non-hydrogen) atoms. The molecule has 0 unspecified atom stereocenters. The van der Waals surface area contributed by atoms with Crippen molar-refractivity contribution in [3.05, 3.63) is 73.6 Å². The van der Waals surface area contributed by atoms with Gasteiger partial charge in [-0.2, -0.15) is 0 Å². The molecule has 7 nitrogen and oxygen atoms in total. The number of fused-ring (bicyclic) bond motifs is 1. The lowest BCUT2D eigenvalue weighted by Gasteiger charge is -2.12. The quantitative estimate of drug-likeness (QED) is 0.185. The number of nitrogens with zero attached hydrogens (tertiary/aromatic N) is 2. The maximum Gasteiger partial charge on any atom is 0.339 e. The van der Waals surface area contributed by atoms with Gasteiger partial charge in [0.2, 0.25) is 0 Å². The van der Waals surface area contributed by atoms with Crippen LogP contribution in [0.4, 0.5) is 0 Å². The maximum atomic E-state index is 13.5. The summed E-state index contributed by atoms with van der Waals surface area (Å²) in [6.45, 7) is 7.35. The van der Waals surface area contributed by atoms with E-state index in [9.17, 15) is 14.4 Å². The van der Waals surface area contributed by atoms with Gasteiger partial charge < -0.3 is 9.72 Å². The number of nitrogens with one attached hydrogen (secondary N) is 1. The minimum atomic E-state index is -0.485. The Morgan fingerprint density at radius 2 is 1.82 bits per heavy atom. The molecule has 170 valence electrons. The standard InChI is InChI=1S/C24H23N3O4S2/c1-12-15(4)33-21-19(12)22(29)27(16-9-7-6-8-10-16)24(26-21)32-11-17(28)20-13(2)18(14(3)25-20)23(30)31-5/h6-10,25H,11H2,1-5H3. The van der Waals surface area contributed by atoms with Crippen LogP contribution in [0, 0.1) is 27.7 Å². The Balaban J connectivity index is 1.75. The number of carbonyl (C=O) groups excluding carboxylic acids is 2. The van der Waals surface area contributed by atoms with Gasteiger partial charge in [0.15, 0.2) is 10.9 Å². The van der Waals surface area contributed by atoms with Crippen molar-refractivity contribution in [2.24, 2.45) is 0 Å². The number of aromatic nitrogens is 3. The van der Waals surface area contributed by atoms with Gasteiger partial charge in [0.05, 0.1) is 35.2 Å². The van der Waals surface area contributed by atoms with E-state index < -0.39 is 5.97 Å². The number of thiophene rings is 1. The Kier molecular flexibility index (Phi) is 6.27. The van der Waals surface area contributed by atoms with Crippen LogP contribution in [0.3, 0.4) is 0 Å². The van der Waals surface area contributed by atoms with Crippen LogP contribution in [-0.2, 0) is 4.74 Å². The number of aromatic amines is 1. The third-order valence-electron chi connectivity index (χ3n) is 5.62. The summed E-state index contributed by atoms with van der Waals surface area (Å²) in [6.07, 6.45) is 0. The number of para-hydroxylation sites is 1. The van der Waals surface area contributed by atoms with Gasteiger partial charge in [-0.1, -0.05) is 30.0 Å². The monoisotopic (exact) mass is 481 g/mol. The number of methoxy groups -OCH3 is 1. The molecule has 3 heterocycles. The lowest BCUT2D eigenvalue weighted by Crippen LogP contribution is -2.22.